The summed E-state index contributed by atoms with van der Waals surface area (Å²) in [5, 5.41) is 14.5. The number of hydrogen-bond acceptors (Lipinski definition) is 7. The molecule has 0 radical (unpaired) electrons. The Morgan fingerprint density at radius 2 is 2.14 bits per heavy atom. The zero-order chi connectivity index (χ0) is 20.6. The third kappa shape index (κ3) is 6.67. The number of nitrogens with zero attached hydrogens (tertiary/aromatic N) is 2. The van der Waals surface area contributed by atoms with E-state index in [9.17, 15) is 9.59 Å². The number of nitrogens with one attached hydrogen (secondary N) is 2. The van der Waals surface area contributed by atoms with E-state index in [2.05, 4.69) is 20.8 Å². The highest BCUT2D eigenvalue weighted by Crippen LogP contribution is 2.17. The number of carbonyl (C=O) groups is 2. The second kappa shape index (κ2) is 10.1. The monoisotopic (exact) mass is 434 g/mol. The Kier molecular flexibility index (Phi) is 7.34. The number of amides is 2. The SMILES string of the molecule is C[C@H](Cc1ccco1)NC(=O)COCc1nnc(C(=O)Nc2cccc(Cl)c2)s1. The first kappa shape index (κ1) is 21.0. The van der Waals surface area contributed by atoms with Gasteiger partial charge in [-0.25, -0.2) is 0 Å². The van der Waals surface area contributed by atoms with Crippen LogP contribution in [0.5, 0.6) is 0 Å². The van der Waals surface area contributed by atoms with E-state index >= 15 is 0 Å². The van der Waals surface area contributed by atoms with Gasteiger partial charge in [-0.2, -0.15) is 0 Å². The first-order valence-corrected chi connectivity index (χ1v) is 9.98. The van der Waals surface area contributed by atoms with Gasteiger partial charge in [-0.05, 0) is 37.3 Å². The van der Waals surface area contributed by atoms with Crippen molar-refractivity contribution in [3.63, 3.8) is 0 Å². The summed E-state index contributed by atoms with van der Waals surface area (Å²) in [7, 11) is 0. The summed E-state index contributed by atoms with van der Waals surface area (Å²) in [5.41, 5.74) is 0.566. The van der Waals surface area contributed by atoms with Crippen LogP contribution in [0.2, 0.25) is 5.02 Å². The van der Waals surface area contributed by atoms with Gasteiger partial charge in [0.2, 0.25) is 10.9 Å². The quantitative estimate of drug-likeness (QED) is 0.535. The largest absolute Gasteiger partial charge is 0.469 e. The normalized spacial score (nSPS) is 11.8. The number of anilines is 1. The predicted molar refractivity (Wildman–Crippen MR) is 109 cm³/mol. The van der Waals surface area contributed by atoms with Crippen molar-refractivity contribution in [3.05, 3.63) is 63.5 Å². The van der Waals surface area contributed by atoms with E-state index in [1.54, 1.807) is 36.6 Å². The standard InChI is InChI=1S/C19H19ClN4O4S/c1-12(8-15-6-3-7-28-15)21-16(25)10-27-11-17-23-24-19(29-17)18(26)22-14-5-2-4-13(20)9-14/h2-7,9,12H,8,10-11H2,1H3,(H,21,25)(H,22,26)/t12-/m1/s1. The number of furan rings is 1. The molecule has 2 aromatic heterocycles. The fourth-order valence-corrected chi connectivity index (χ4v) is 3.35. The van der Waals surface area contributed by atoms with Gasteiger partial charge in [-0.1, -0.05) is 29.0 Å². The van der Waals surface area contributed by atoms with Crippen LogP contribution in [-0.2, 0) is 22.6 Å². The van der Waals surface area contributed by atoms with Crippen molar-refractivity contribution in [2.24, 2.45) is 0 Å². The molecule has 8 nitrogen and oxygen atoms in total. The Balaban J connectivity index is 1.40. The van der Waals surface area contributed by atoms with E-state index in [1.807, 2.05) is 13.0 Å². The first-order valence-electron chi connectivity index (χ1n) is 8.78. The molecular weight excluding hydrogens is 416 g/mol. The maximum Gasteiger partial charge on any atom is 0.286 e. The zero-order valence-electron chi connectivity index (χ0n) is 15.6. The molecule has 152 valence electrons. The summed E-state index contributed by atoms with van der Waals surface area (Å²) in [4.78, 5) is 24.2. The maximum atomic E-state index is 12.2. The first-order chi connectivity index (χ1) is 14.0. The Hall–Kier alpha value is -2.75. The van der Waals surface area contributed by atoms with Crippen LogP contribution in [0.15, 0.2) is 47.1 Å². The molecule has 0 aliphatic rings. The molecule has 2 amide bonds. The molecule has 2 heterocycles. The van der Waals surface area contributed by atoms with Crippen molar-refractivity contribution in [1.29, 1.82) is 0 Å². The molecule has 0 unspecified atom stereocenters. The van der Waals surface area contributed by atoms with Crippen LogP contribution in [-0.4, -0.2) is 34.7 Å². The lowest BCUT2D eigenvalue weighted by Crippen LogP contribution is -2.36. The lowest BCUT2D eigenvalue weighted by Gasteiger charge is -2.12. The molecule has 2 N–H and O–H groups in total. The van der Waals surface area contributed by atoms with Gasteiger partial charge < -0.3 is 19.8 Å². The van der Waals surface area contributed by atoms with Gasteiger partial charge in [0, 0.05) is 23.2 Å². The molecule has 10 heteroatoms. The summed E-state index contributed by atoms with van der Waals surface area (Å²) < 4.78 is 10.6. The van der Waals surface area contributed by atoms with Crippen molar-refractivity contribution >= 4 is 40.4 Å². The molecule has 0 aliphatic carbocycles. The lowest BCUT2D eigenvalue weighted by molar-refractivity contribution is -0.126. The molecular formula is C19H19ClN4O4S. The van der Waals surface area contributed by atoms with Crippen LogP contribution >= 0.6 is 22.9 Å². The lowest BCUT2D eigenvalue weighted by atomic mass is 10.2. The van der Waals surface area contributed by atoms with Crippen molar-refractivity contribution in [1.82, 2.24) is 15.5 Å². The molecule has 3 rings (SSSR count). The fourth-order valence-electron chi connectivity index (χ4n) is 2.48. The van der Waals surface area contributed by atoms with Crippen LogP contribution < -0.4 is 10.6 Å². The minimum atomic E-state index is -0.388. The summed E-state index contributed by atoms with van der Waals surface area (Å²) in [5.74, 6) is 0.171. The van der Waals surface area contributed by atoms with Crippen LogP contribution in [0.1, 0.15) is 27.5 Å². The minimum Gasteiger partial charge on any atom is -0.469 e. The molecule has 0 saturated carbocycles. The Morgan fingerprint density at radius 3 is 2.90 bits per heavy atom. The fraction of sp³-hybridized carbons (Fsp3) is 0.263. The Labute approximate surface area is 176 Å². The van der Waals surface area contributed by atoms with Crippen molar-refractivity contribution < 1.29 is 18.7 Å². The van der Waals surface area contributed by atoms with Gasteiger partial charge in [0.1, 0.15) is 24.0 Å². The third-order valence-corrected chi connectivity index (χ3v) is 4.83. The van der Waals surface area contributed by atoms with E-state index < -0.39 is 0 Å². The summed E-state index contributed by atoms with van der Waals surface area (Å²) in [6.45, 7) is 1.85. The highest BCUT2D eigenvalue weighted by atomic mass is 35.5. The number of carbonyl (C=O) groups excluding carboxylic acids is 2. The molecule has 3 aromatic rings. The Morgan fingerprint density at radius 1 is 1.28 bits per heavy atom. The van der Waals surface area contributed by atoms with E-state index in [0.29, 0.717) is 22.1 Å². The van der Waals surface area contributed by atoms with E-state index in [1.165, 1.54) is 0 Å². The molecule has 0 spiro atoms. The number of rotatable bonds is 9. The second-order valence-electron chi connectivity index (χ2n) is 6.21. The molecule has 0 aliphatic heterocycles. The zero-order valence-corrected chi connectivity index (χ0v) is 17.1. The topological polar surface area (TPSA) is 106 Å². The number of ether oxygens (including phenoxy) is 1. The van der Waals surface area contributed by atoms with E-state index in [-0.39, 0.29) is 36.1 Å². The molecule has 0 bridgehead atoms. The average Bonchev–Trinajstić information content (AvgIpc) is 3.33. The van der Waals surface area contributed by atoms with E-state index in [4.69, 9.17) is 20.8 Å². The van der Waals surface area contributed by atoms with Crippen molar-refractivity contribution in [2.75, 3.05) is 11.9 Å². The smallest absolute Gasteiger partial charge is 0.286 e. The van der Waals surface area contributed by atoms with Crippen LogP contribution in [0.3, 0.4) is 0 Å². The van der Waals surface area contributed by atoms with Gasteiger partial charge in [0.15, 0.2) is 0 Å². The van der Waals surface area contributed by atoms with Crippen LogP contribution in [0, 0.1) is 0 Å². The minimum absolute atomic E-state index is 0.0828. The number of halogens is 1. The molecule has 1 aromatic carbocycles. The summed E-state index contributed by atoms with van der Waals surface area (Å²) >= 11 is 6.99. The maximum absolute atomic E-state index is 12.2. The van der Waals surface area contributed by atoms with E-state index in [0.717, 1.165) is 17.1 Å². The average molecular weight is 435 g/mol. The van der Waals surface area contributed by atoms with Gasteiger partial charge in [-0.15, -0.1) is 10.2 Å². The van der Waals surface area contributed by atoms with Gasteiger partial charge >= 0.3 is 0 Å². The number of hydrogen-bond donors (Lipinski definition) is 2. The summed E-state index contributed by atoms with van der Waals surface area (Å²) in [6, 6.07) is 10.4. The van der Waals surface area contributed by atoms with Crippen LogP contribution in [0.4, 0.5) is 5.69 Å². The third-order valence-electron chi connectivity index (χ3n) is 3.70. The number of aromatic nitrogens is 2. The second-order valence-corrected chi connectivity index (χ2v) is 7.71. The number of benzene rings is 1. The molecule has 1 atom stereocenters. The van der Waals surface area contributed by atoms with Crippen molar-refractivity contribution in [3.8, 4) is 0 Å². The van der Waals surface area contributed by atoms with Gasteiger partial charge in [0.25, 0.3) is 5.91 Å². The highest BCUT2D eigenvalue weighted by Gasteiger charge is 2.14. The highest BCUT2D eigenvalue weighted by molar-refractivity contribution is 7.13. The van der Waals surface area contributed by atoms with Crippen molar-refractivity contribution in [2.45, 2.75) is 26.0 Å². The summed E-state index contributed by atoms with van der Waals surface area (Å²) in [6.07, 6.45) is 2.19. The molecule has 0 saturated heterocycles. The predicted octanol–water partition coefficient (Wildman–Crippen LogP) is 3.30. The van der Waals surface area contributed by atoms with Crippen LogP contribution in [0.25, 0.3) is 0 Å². The van der Waals surface area contributed by atoms with Gasteiger partial charge in [0.05, 0.1) is 6.26 Å². The van der Waals surface area contributed by atoms with Gasteiger partial charge in [-0.3, -0.25) is 9.59 Å². The Bertz CT molecular complexity index is 961. The molecule has 29 heavy (non-hydrogen) atoms. The molecule has 0 fully saturated rings.